The maximum Gasteiger partial charge on any atom is 0.417 e. The van der Waals surface area contributed by atoms with Crippen LogP contribution in [-0.4, -0.2) is 52.0 Å². The summed E-state index contributed by atoms with van der Waals surface area (Å²) < 4.78 is 48.4. The van der Waals surface area contributed by atoms with Crippen LogP contribution in [0.5, 0.6) is 5.88 Å². The van der Waals surface area contributed by atoms with Gasteiger partial charge in [0, 0.05) is 18.7 Å². The summed E-state index contributed by atoms with van der Waals surface area (Å²) in [5, 5.41) is 9.45. The van der Waals surface area contributed by atoms with E-state index in [0.29, 0.717) is 12.6 Å². The van der Waals surface area contributed by atoms with Crippen LogP contribution < -0.4 is 4.74 Å². The molecule has 1 unspecified atom stereocenters. The Hall–Kier alpha value is -2.03. The molecule has 2 rings (SSSR count). The highest BCUT2D eigenvalue weighted by Gasteiger charge is 2.38. The van der Waals surface area contributed by atoms with Crippen LogP contribution in [0.25, 0.3) is 0 Å². The second-order valence-electron chi connectivity index (χ2n) is 6.83. The summed E-state index contributed by atoms with van der Waals surface area (Å²) in [6.07, 6.45) is -4.50. The Morgan fingerprint density at radius 2 is 2.04 bits per heavy atom. The molecule has 6 nitrogen and oxygen atoms in total. The summed E-state index contributed by atoms with van der Waals surface area (Å²) in [6, 6.07) is 1.54. The second kappa shape index (κ2) is 7.07. The molecule has 0 aromatic carbocycles. The first-order valence-corrected chi connectivity index (χ1v) is 7.80. The molecule has 0 bridgehead atoms. The van der Waals surface area contributed by atoms with Gasteiger partial charge < -0.3 is 14.6 Å². The molecular formula is C16H21F3N2O4. The van der Waals surface area contributed by atoms with Gasteiger partial charge >= 0.3 is 12.3 Å². The standard InChI is InChI=1S/C16H21F3N2O4/c1-15(2,3)25-14(23)21-8-12(6-11(21)9-22)24-13-5-4-10(7-20-13)16(17,18)19/h4-5,7,11-12,22H,6,8-9H2,1-3H3/t11-,12?/m0/s1. The number of aliphatic hydroxyl groups is 1. The average molecular weight is 362 g/mol. The fraction of sp³-hybridized carbons (Fsp3) is 0.625. The molecule has 1 aromatic rings. The Labute approximate surface area is 143 Å². The number of carbonyl (C=O) groups excluding carboxylic acids is 1. The predicted molar refractivity (Wildman–Crippen MR) is 82.1 cm³/mol. The zero-order valence-electron chi connectivity index (χ0n) is 14.2. The van der Waals surface area contributed by atoms with Gasteiger partial charge in [0.1, 0.15) is 11.7 Å². The molecule has 2 atom stereocenters. The molecule has 1 aliphatic heterocycles. The van der Waals surface area contributed by atoms with Crippen molar-refractivity contribution in [3.63, 3.8) is 0 Å². The molecule has 140 valence electrons. The van der Waals surface area contributed by atoms with E-state index in [4.69, 9.17) is 9.47 Å². The van der Waals surface area contributed by atoms with Gasteiger partial charge in [0.2, 0.25) is 5.88 Å². The zero-order chi connectivity index (χ0) is 18.8. The van der Waals surface area contributed by atoms with E-state index >= 15 is 0 Å². The fourth-order valence-corrected chi connectivity index (χ4v) is 2.46. The SMILES string of the molecule is CC(C)(C)OC(=O)N1CC(Oc2ccc(C(F)(F)F)cn2)C[C@H]1CO. The van der Waals surface area contributed by atoms with Gasteiger partial charge in [-0.1, -0.05) is 0 Å². The van der Waals surface area contributed by atoms with E-state index in [2.05, 4.69) is 4.98 Å². The number of likely N-dealkylation sites (tertiary alicyclic amines) is 1. The number of halogens is 3. The van der Waals surface area contributed by atoms with Crippen molar-refractivity contribution in [2.24, 2.45) is 0 Å². The van der Waals surface area contributed by atoms with Crippen molar-refractivity contribution in [1.29, 1.82) is 0 Å². The van der Waals surface area contributed by atoms with Crippen molar-refractivity contribution in [3.05, 3.63) is 23.9 Å². The first kappa shape index (κ1) is 19.3. The third-order valence-corrected chi connectivity index (χ3v) is 3.57. The minimum atomic E-state index is -4.46. The summed E-state index contributed by atoms with van der Waals surface area (Å²) in [5.41, 5.74) is -1.54. The summed E-state index contributed by atoms with van der Waals surface area (Å²) in [5.74, 6) is 0.0285. The molecule has 2 heterocycles. The number of aliphatic hydroxyl groups excluding tert-OH is 1. The lowest BCUT2D eigenvalue weighted by atomic mass is 10.2. The van der Waals surface area contributed by atoms with Gasteiger partial charge in [-0.2, -0.15) is 13.2 Å². The molecule has 0 spiro atoms. The number of alkyl halides is 3. The molecule has 9 heteroatoms. The highest BCUT2D eigenvalue weighted by Crippen LogP contribution is 2.30. The number of pyridine rings is 1. The Balaban J connectivity index is 2.01. The number of nitrogens with zero attached hydrogens (tertiary/aromatic N) is 2. The van der Waals surface area contributed by atoms with E-state index in [0.717, 1.165) is 12.1 Å². The number of aromatic nitrogens is 1. The molecule has 0 radical (unpaired) electrons. The van der Waals surface area contributed by atoms with Gasteiger partial charge in [0.05, 0.1) is 24.8 Å². The van der Waals surface area contributed by atoms with Gasteiger partial charge in [0.25, 0.3) is 0 Å². The van der Waals surface area contributed by atoms with Crippen molar-refractivity contribution >= 4 is 6.09 Å². The van der Waals surface area contributed by atoms with Crippen LogP contribution in [-0.2, 0) is 10.9 Å². The van der Waals surface area contributed by atoms with Crippen molar-refractivity contribution in [3.8, 4) is 5.88 Å². The number of hydrogen-bond donors (Lipinski definition) is 1. The van der Waals surface area contributed by atoms with Crippen molar-refractivity contribution in [2.45, 2.75) is 51.1 Å². The monoisotopic (exact) mass is 362 g/mol. The predicted octanol–water partition coefficient (Wildman–Crippen LogP) is 2.85. The lowest BCUT2D eigenvalue weighted by molar-refractivity contribution is -0.137. The van der Waals surface area contributed by atoms with E-state index in [9.17, 15) is 23.1 Å². The van der Waals surface area contributed by atoms with Gasteiger partial charge in [-0.05, 0) is 26.8 Å². The molecule has 1 fully saturated rings. The Morgan fingerprint density at radius 1 is 1.36 bits per heavy atom. The van der Waals surface area contributed by atoms with Gasteiger partial charge in [0.15, 0.2) is 0 Å². The number of ether oxygens (including phenoxy) is 2. The van der Waals surface area contributed by atoms with Crippen molar-refractivity contribution in [1.82, 2.24) is 9.88 Å². The molecule has 1 N–H and O–H groups in total. The van der Waals surface area contributed by atoms with Gasteiger partial charge in [-0.15, -0.1) is 0 Å². The second-order valence-corrected chi connectivity index (χ2v) is 6.83. The maximum absolute atomic E-state index is 12.5. The van der Waals surface area contributed by atoms with Crippen LogP contribution >= 0.6 is 0 Å². The van der Waals surface area contributed by atoms with Crippen LogP contribution in [0.15, 0.2) is 18.3 Å². The normalized spacial score (nSPS) is 21.3. The number of rotatable bonds is 3. The number of carbonyl (C=O) groups is 1. The molecule has 1 amide bonds. The number of amides is 1. The maximum atomic E-state index is 12.5. The van der Waals surface area contributed by atoms with E-state index < -0.39 is 35.6 Å². The zero-order valence-corrected chi connectivity index (χ0v) is 14.2. The van der Waals surface area contributed by atoms with E-state index in [1.807, 2.05) is 0 Å². The largest absolute Gasteiger partial charge is 0.472 e. The molecule has 25 heavy (non-hydrogen) atoms. The smallest absolute Gasteiger partial charge is 0.417 e. The van der Waals surface area contributed by atoms with Crippen LogP contribution in [0.4, 0.5) is 18.0 Å². The molecular weight excluding hydrogens is 341 g/mol. The molecule has 1 aromatic heterocycles. The Bertz CT molecular complexity index is 599. The molecule has 0 aliphatic carbocycles. The third kappa shape index (κ3) is 5.22. The molecule has 1 saturated heterocycles. The first-order valence-electron chi connectivity index (χ1n) is 7.80. The summed E-state index contributed by atoms with van der Waals surface area (Å²) in [7, 11) is 0. The van der Waals surface area contributed by atoms with Crippen LogP contribution in [0.2, 0.25) is 0 Å². The summed E-state index contributed by atoms with van der Waals surface area (Å²) in [4.78, 5) is 17.2. The highest BCUT2D eigenvalue weighted by molar-refractivity contribution is 5.69. The van der Waals surface area contributed by atoms with Crippen LogP contribution in [0.1, 0.15) is 32.8 Å². The quantitative estimate of drug-likeness (QED) is 0.895. The number of hydrogen-bond acceptors (Lipinski definition) is 5. The minimum Gasteiger partial charge on any atom is -0.472 e. The van der Waals surface area contributed by atoms with Gasteiger partial charge in [-0.25, -0.2) is 9.78 Å². The molecule has 0 saturated carbocycles. The van der Waals surface area contributed by atoms with Gasteiger partial charge in [-0.3, -0.25) is 4.90 Å². The average Bonchev–Trinajstić information content (AvgIpc) is 2.88. The first-order chi connectivity index (χ1) is 11.5. The fourth-order valence-electron chi connectivity index (χ4n) is 2.46. The Kier molecular flexibility index (Phi) is 5.46. The highest BCUT2D eigenvalue weighted by atomic mass is 19.4. The van der Waals surface area contributed by atoms with E-state index in [1.54, 1.807) is 20.8 Å². The lowest BCUT2D eigenvalue weighted by Gasteiger charge is -2.27. The Morgan fingerprint density at radius 3 is 2.52 bits per heavy atom. The molecule has 1 aliphatic rings. The minimum absolute atomic E-state index is 0.0285. The van der Waals surface area contributed by atoms with E-state index in [1.165, 1.54) is 4.90 Å². The topological polar surface area (TPSA) is 71.9 Å². The van der Waals surface area contributed by atoms with Crippen LogP contribution in [0.3, 0.4) is 0 Å². The summed E-state index contributed by atoms with van der Waals surface area (Å²) in [6.45, 7) is 5.08. The van der Waals surface area contributed by atoms with Crippen LogP contribution in [0, 0.1) is 0 Å². The van der Waals surface area contributed by atoms with Crippen molar-refractivity contribution in [2.75, 3.05) is 13.2 Å². The van der Waals surface area contributed by atoms with Crippen molar-refractivity contribution < 1.29 is 32.5 Å². The van der Waals surface area contributed by atoms with E-state index in [-0.39, 0.29) is 19.0 Å². The third-order valence-electron chi connectivity index (χ3n) is 3.57. The summed E-state index contributed by atoms with van der Waals surface area (Å²) >= 11 is 0. The lowest BCUT2D eigenvalue weighted by Crippen LogP contribution is -2.41.